The van der Waals surface area contributed by atoms with Crippen LogP contribution in [0.4, 0.5) is 11.4 Å². The zero-order chi connectivity index (χ0) is 22.3. The van der Waals surface area contributed by atoms with Gasteiger partial charge >= 0.3 is 0 Å². The zero-order valence-electron chi connectivity index (χ0n) is 16.8. The first-order valence-electron chi connectivity index (χ1n) is 8.88. The van der Waals surface area contributed by atoms with E-state index in [1.54, 1.807) is 6.07 Å². The Bertz CT molecular complexity index is 1020. The molecule has 0 aliphatic rings. The van der Waals surface area contributed by atoms with Gasteiger partial charge in [0.05, 0.1) is 24.8 Å². The van der Waals surface area contributed by atoms with Gasteiger partial charge in [0, 0.05) is 12.1 Å². The van der Waals surface area contributed by atoms with Crippen LogP contribution in [-0.2, 0) is 14.8 Å². The molecule has 162 valence electrons. The number of nitrogens with one attached hydrogen (secondary N) is 1. The maximum atomic E-state index is 12.3. The third-order valence-electron chi connectivity index (χ3n) is 4.10. The van der Waals surface area contributed by atoms with Crippen molar-refractivity contribution in [1.82, 2.24) is 5.32 Å². The summed E-state index contributed by atoms with van der Waals surface area (Å²) in [6.07, 6.45) is 0.903. The lowest BCUT2D eigenvalue weighted by Gasteiger charge is -2.23. The lowest BCUT2D eigenvalue weighted by molar-refractivity contribution is -0.384. The lowest BCUT2D eigenvalue weighted by atomic mass is 10.2. The van der Waals surface area contributed by atoms with Gasteiger partial charge in [0.2, 0.25) is 15.9 Å². The van der Waals surface area contributed by atoms with Crippen LogP contribution in [0.5, 0.6) is 11.5 Å². The van der Waals surface area contributed by atoms with E-state index in [2.05, 4.69) is 5.32 Å². The average molecular weight is 437 g/mol. The number of methoxy groups -OCH3 is 1. The van der Waals surface area contributed by atoms with Crippen LogP contribution in [0.2, 0.25) is 0 Å². The highest BCUT2D eigenvalue weighted by molar-refractivity contribution is 7.92. The number of nitro groups is 1. The van der Waals surface area contributed by atoms with E-state index in [9.17, 15) is 23.3 Å². The molecule has 30 heavy (non-hydrogen) atoms. The van der Waals surface area contributed by atoms with Gasteiger partial charge in [-0.3, -0.25) is 19.2 Å². The van der Waals surface area contributed by atoms with E-state index in [1.807, 2.05) is 25.1 Å². The van der Waals surface area contributed by atoms with Crippen molar-refractivity contribution in [2.75, 3.05) is 37.4 Å². The Morgan fingerprint density at radius 2 is 1.90 bits per heavy atom. The van der Waals surface area contributed by atoms with Crippen molar-refractivity contribution in [2.24, 2.45) is 0 Å². The minimum Gasteiger partial charge on any atom is -0.495 e. The second-order valence-electron chi connectivity index (χ2n) is 6.35. The van der Waals surface area contributed by atoms with E-state index in [-0.39, 0.29) is 30.3 Å². The van der Waals surface area contributed by atoms with Gasteiger partial charge in [-0.15, -0.1) is 0 Å². The van der Waals surface area contributed by atoms with Gasteiger partial charge in [-0.25, -0.2) is 8.42 Å². The maximum absolute atomic E-state index is 12.3. The number of para-hydroxylation sites is 1. The molecule has 0 unspecified atom stereocenters. The van der Waals surface area contributed by atoms with Crippen molar-refractivity contribution >= 4 is 27.3 Å². The first-order valence-corrected chi connectivity index (χ1v) is 10.7. The average Bonchev–Trinajstić information content (AvgIpc) is 2.69. The smallest absolute Gasteiger partial charge is 0.271 e. The highest BCUT2D eigenvalue weighted by Gasteiger charge is 2.26. The minimum absolute atomic E-state index is 0.0849. The molecule has 1 N–H and O–H groups in total. The standard InChI is InChI=1S/C19H23N3O7S/c1-14-6-4-5-7-17(14)29-11-10-20-19(23)13-21(30(3,26)27)16-12-15(22(24)25)8-9-18(16)28-2/h4-9,12H,10-11,13H2,1-3H3,(H,20,23). The van der Waals surface area contributed by atoms with Crippen molar-refractivity contribution in [2.45, 2.75) is 6.92 Å². The molecule has 0 saturated heterocycles. The summed E-state index contributed by atoms with van der Waals surface area (Å²) in [6, 6.07) is 10.9. The van der Waals surface area contributed by atoms with E-state index in [1.165, 1.54) is 19.2 Å². The Kier molecular flexibility index (Phi) is 7.59. The highest BCUT2D eigenvalue weighted by Crippen LogP contribution is 2.33. The quantitative estimate of drug-likeness (QED) is 0.341. The minimum atomic E-state index is -3.93. The third kappa shape index (κ3) is 6.08. The first-order chi connectivity index (χ1) is 14.1. The summed E-state index contributed by atoms with van der Waals surface area (Å²) < 4.78 is 36.0. The lowest BCUT2D eigenvalue weighted by Crippen LogP contribution is -2.41. The number of carbonyl (C=O) groups excluding carboxylic acids is 1. The Balaban J connectivity index is 2.08. The highest BCUT2D eigenvalue weighted by atomic mass is 32.2. The largest absolute Gasteiger partial charge is 0.495 e. The number of sulfonamides is 1. The molecule has 0 radical (unpaired) electrons. The van der Waals surface area contributed by atoms with E-state index in [0.29, 0.717) is 5.75 Å². The molecule has 0 saturated carbocycles. The van der Waals surface area contributed by atoms with Crippen LogP contribution in [0.25, 0.3) is 0 Å². The van der Waals surface area contributed by atoms with Crippen LogP contribution in [0.15, 0.2) is 42.5 Å². The van der Waals surface area contributed by atoms with Crippen LogP contribution >= 0.6 is 0 Å². The van der Waals surface area contributed by atoms with Crippen LogP contribution in [0, 0.1) is 17.0 Å². The Labute approximate surface area is 174 Å². The predicted octanol–water partition coefficient (Wildman–Crippen LogP) is 1.87. The van der Waals surface area contributed by atoms with Gasteiger partial charge in [0.1, 0.15) is 30.3 Å². The molecule has 2 aromatic carbocycles. The number of nitro benzene ring substituents is 1. The van der Waals surface area contributed by atoms with Gasteiger partial charge in [-0.2, -0.15) is 0 Å². The summed E-state index contributed by atoms with van der Waals surface area (Å²) in [7, 11) is -2.63. The molecule has 0 aliphatic heterocycles. The van der Waals surface area contributed by atoms with Crippen LogP contribution in [0.3, 0.4) is 0 Å². The number of benzene rings is 2. The van der Waals surface area contributed by atoms with Gasteiger partial charge in [-0.05, 0) is 24.6 Å². The normalized spacial score (nSPS) is 10.9. The zero-order valence-corrected chi connectivity index (χ0v) is 17.6. The maximum Gasteiger partial charge on any atom is 0.271 e. The summed E-state index contributed by atoms with van der Waals surface area (Å²) >= 11 is 0. The number of non-ortho nitro benzene ring substituents is 1. The SMILES string of the molecule is COc1ccc([N+](=O)[O-])cc1N(CC(=O)NCCOc1ccccc1C)S(C)(=O)=O. The number of rotatable bonds is 10. The van der Waals surface area contributed by atoms with E-state index < -0.39 is 27.4 Å². The second-order valence-corrected chi connectivity index (χ2v) is 8.25. The molecule has 0 aliphatic carbocycles. The molecular formula is C19H23N3O7S. The number of carbonyl (C=O) groups is 1. The fourth-order valence-electron chi connectivity index (χ4n) is 2.62. The Hall–Kier alpha value is -3.34. The number of nitrogens with zero attached hydrogens (tertiary/aromatic N) is 2. The summed E-state index contributed by atoms with van der Waals surface area (Å²) in [4.78, 5) is 22.7. The molecular weight excluding hydrogens is 414 g/mol. The van der Waals surface area contributed by atoms with Crippen LogP contribution in [0.1, 0.15) is 5.56 Å². The summed E-state index contributed by atoms with van der Waals surface area (Å²) in [5, 5.41) is 13.6. The Morgan fingerprint density at radius 3 is 2.50 bits per heavy atom. The Morgan fingerprint density at radius 1 is 1.20 bits per heavy atom. The van der Waals surface area contributed by atoms with Gasteiger partial charge in [-0.1, -0.05) is 18.2 Å². The summed E-state index contributed by atoms with van der Waals surface area (Å²) in [5.41, 5.74) is 0.525. The van der Waals surface area contributed by atoms with E-state index >= 15 is 0 Å². The number of ether oxygens (including phenoxy) is 2. The molecule has 0 spiro atoms. The number of hydrogen-bond donors (Lipinski definition) is 1. The molecule has 2 aromatic rings. The van der Waals surface area contributed by atoms with Crippen molar-refractivity contribution in [1.29, 1.82) is 0 Å². The monoisotopic (exact) mass is 437 g/mol. The number of hydrogen-bond acceptors (Lipinski definition) is 7. The van der Waals surface area contributed by atoms with Crippen molar-refractivity contribution in [3.8, 4) is 11.5 Å². The van der Waals surface area contributed by atoms with Crippen LogP contribution < -0.4 is 19.1 Å². The number of anilines is 1. The van der Waals surface area contributed by atoms with E-state index in [4.69, 9.17) is 9.47 Å². The fraction of sp³-hybridized carbons (Fsp3) is 0.316. The molecule has 11 heteroatoms. The second kappa shape index (κ2) is 9.92. The number of aryl methyl sites for hydroxylation is 1. The summed E-state index contributed by atoms with van der Waals surface area (Å²) in [6.45, 7) is 1.66. The van der Waals surface area contributed by atoms with Crippen LogP contribution in [-0.4, -0.2) is 52.3 Å². The molecule has 1 amide bonds. The number of amides is 1. The van der Waals surface area contributed by atoms with Crippen molar-refractivity contribution < 1.29 is 27.6 Å². The molecule has 10 nitrogen and oxygen atoms in total. The molecule has 0 heterocycles. The third-order valence-corrected chi connectivity index (χ3v) is 5.23. The molecule has 2 rings (SSSR count). The van der Waals surface area contributed by atoms with Gasteiger partial charge in [0.15, 0.2) is 0 Å². The van der Waals surface area contributed by atoms with Gasteiger partial charge < -0.3 is 14.8 Å². The molecule has 0 bridgehead atoms. The van der Waals surface area contributed by atoms with Crippen molar-refractivity contribution in [3.63, 3.8) is 0 Å². The predicted molar refractivity (Wildman–Crippen MR) is 112 cm³/mol. The molecule has 0 aromatic heterocycles. The molecule has 0 fully saturated rings. The van der Waals surface area contributed by atoms with Crippen molar-refractivity contribution in [3.05, 3.63) is 58.1 Å². The van der Waals surface area contributed by atoms with E-state index in [0.717, 1.165) is 22.2 Å². The topological polar surface area (TPSA) is 128 Å². The van der Waals surface area contributed by atoms with Gasteiger partial charge in [0.25, 0.3) is 5.69 Å². The fourth-order valence-corrected chi connectivity index (χ4v) is 3.48. The molecule has 0 atom stereocenters. The summed E-state index contributed by atoms with van der Waals surface area (Å²) in [5.74, 6) is 0.176. The first kappa shape index (κ1) is 22.9.